The van der Waals surface area contributed by atoms with Gasteiger partial charge in [0.05, 0.1) is 5.54 Å². The topological polar surface area (TPSA) is 75.4 Å². The van der Waals surface area contributed by atoms with Crippen LogP contribution in [0.3, 0.4) is 0 Å². The van der Waals surface area contributed by atoms with E-state index in [9.17, 15) is 8.42 Å². The Hall–Kier alpha value is -0.950. The third-order valence-electron chi connectivity index (χ3n) is 4.13. The summed E-state index contributed by atoms with van der Waals surface area (Å²) in [7, 11) is -3.53. The van der Waals surface area contributed by atoms with Crippen molar-refractivity contribution in [2.24, 2.45) is 11.7 Å². The van der Waals surface area contributed by atoms with Crippen LogP contribution in [-0.4, -0.2) is 32.4 Å². The number of hydrogen-bond donors (Lipinski definition) is 2. The number of piperidine rings is 1. The van der Waals surface area contributed by atoms with Crippen molar-refractivity contribution in [3.63, 3.8) is 0 Å². The van der Waals surface area contributed by atoms with Crippen molar-refractivity contribution < 1.29 is 8.42 Å². The lowest BCUT2D eigenvalue weighted by Gasteiger charge is -2.35. The van der Waals surface area contributed by atoms with Gasteiger partial charge in [-0.1, -0.05) is 37.3 Å². The third-order valence-corrected chi connectivity index (χ3v) is 5.85. The van der Waals surface area contributed by atoms with E-state index < -0.39 is 15.7 Å². The number of nitrogens with zero attached hydrogens (tertiary/aromatic N) is 1. The van der Waals surface area contributed by atoms with E-state index in [1.807, 2.05) is 37.3 Å². The summed E-state index contributed by atoms with van der Waals surface area (Å²) in [5, 5.41) is 0. The van der Waals surface area contributed by atoms with Gasteiger partial charge in [-0.05, 0) is 31.2 Å². The molecule has 0 aromatic heterocycles. The second kappa shape index (κ2) is 6.44. The van der Waals surface area contributed by atoms with Crippen LogP contribution >= 0.6 is 0 Å². The lowest BCUT2D eigenvalue weighted by molar-refractivity contribution is 0.272. The first-order valence-corrected chi connectivity index (χ1v) is 8.86. The Morgan fingerprint density at radius 2 is 2.05 bits per heavy atom. The van der Waals surface area contributed by atoms with E-state index in [1.165, 1.54) is 4.31 Å². The summed E-state index contributed by atoms with van der Waals surface area (Å²) in [5.74, 6) is 0.399. The highest BCUT2D eigenvalue weighted by molar-refractivity contribution is 7.87. The maximum Gasteiger partial charge on any atom is 0.280 e. The monoisotopic (exact) mass is 311 g/mol. The van der Waals surface area contributed by atoms with Gasteiger partial charge in [-0.3, -0.25) is 0 Å². The number of benzene rings is 1. The molecule has 1 aliphatic rings. The van der Waals surface area contributed by atoms with Gasteiger partial charge in [-0.2, -0.15) is 17.4 Å². The van der Waals surface area contributed by atoms with E-state index in [-0.39, 0.29) is 6.54 Å². The predicted octanol–water partition coefficient (Wildman–Crippen LogP) is 1.43. The summed E-state index contributed by atoms with van der Waals surface area (Å²) in [6, 6.07) is 9.48. The van der Waals surface area contributed by atoms with E-state index in [2.05, 4.69) is 11.6 Å². The zero-order chi connectivity index (χ0) is 15.5. The van der Waals surface area contributed by atoms with Crippen LogP contribution in [0.25, 0.3) is 0 Å². The van der Waals surface area contributed by atoms with Crippen LogP contribution in [-0.2, 0) is 15.7 Å². The van der Waals surface area contributed by atoms with Gasteiger partial charge in [-0.15, -0.1) is 0 Å². The number of nitrogens with one attached hydrogen (secondary N) is 1. The predicted molar refractivity (Wildman–Crippen MR) is 84.9 cm³/mol. The molecule has 2 atom stereocenters. The molecule has 5 nitrogen and oxygen atoms in total. The van der Waals surface area contributed by atoms with Crippen molar-refractivity contribution in [2.75, 3.05) is 19.6 Å². The normalized spacial score (nSPS) is 23.7. The fourth-order valence-electron chi connectivity index (χ4n) is 2.74. The van der Waals surface area contributed by atoms with Gasteiger partial charge < -0.3 is 5.73 Å². The average Bonchev–Trinajstić information content (AvgIpc) is 2.47. The molecule has 0 radical (unpaired) electrons. The van der Waals surface area contributed by atoms with Crippen molar-refractivity contribution in [1.29, 1.82) is 0 Å². The Labute approximate surface area is 127 Å². The van der Waals surface area contributed by atoms with Crippen LogP contribution < -0.4 is 10.5 Å². The SMILES string of the molecule is CC1CCCN(S(=O)(=O)NC(C)(CN)c2ccccc2)C1. The molecule has 118 valence electrons. The van der Waals surface area contributed by atoms with Crippen LogP contribution in [0.2, 0.25) is 0 Å². The van der Waals surface area contributed by atoms with Crippen molar-refractivity contribution in [1.82, 2.24) is 9.03 Å². The third kappa shape index (κ3) is 3.83. The Morgan fingerprint density at radius 1 is 1.38 bits per heavy atom. The van der Waals surface area contributed by atoms with Gasteiger partial charge in [0, 0.05) is 19.6 Å². The molecule has 0 aliphatic carbocycles. The van der Waals surface area contributed by atoms with Crippen molar-refractivity contribution in [3.05, 3.63) is 35.9 Å². The molecule has 21 heavy (non-hydrogen) atoms. The van der Waals surface area contributed by atoms with Crippen molar-refractivity contribution >= 4 is 10.2 Å². The standard InChI is InChI=1S/C15H25N3O2S/c1-13-7-6-10-18(11-13)21(19,20)17-15(2,12-16)14-8-4-3-5-9-14/h3-5,8-9,13,17H,6-7,10-12,16H2,1-2H3. The minimum atomic E-state index is -3.53. The van der Waals surface area contributed by atoms with E-state index in [1.54, 1.807) is 0 Å². The quantitative estimate of drug-likeness (QED) is 0.863. The average molecular weight is 311 g/mol. The zero-order valence-electron chi connectivity index (χ0n) is 12.7. The molecule has 2 rings (SSSR count). The van der Waals surface area contributed by atoms with Crippen LogP contribution in [0, 0.1) is 5.92 Å². The van der Waals surface area contributed by atoms with Gasteiger partial charge in [0.1, 0.15) is 0 Å². The zero-order valence-corrected chi connectivity index (χ0v) is 13.6. The highest BCUT2D eigenvalue weighted by Crippen LogP contribution is 2.23. The summed E-state index contributed by atoms with van der Waals surface area (Å²) >= 11 is 0. The lowest BCUT2D eigenvalue weighted by Crippen LogP contribution is -2.55. The summed E-state index contributed by atoms with van der Waals surface area (Å²) in [6.45, 7) is 5.27. The molecule has 1 heterocycles. The molecule has 0 amide bonds. The van der Waals surface area contributed by atoms with Crippen LogP contribution in [0.4, 0.5) is 0 Å². The van der Waals surface area contributed by atoms with Crippen LogP contribution in [0.15, 0.2) is 30.3 Å². The minimum absolute atomic E-state index is 0.208. The molecule has 6 heteroatoms. The fraction of sp³-hybridized carbons (Fsp3) is 0.600. The molecular formula is C15H25N3O2S. The lowest BCUT2D eigenvalue weighted by atomic mass is 9.94. The van der Waals surface area contributed by atoms with E-state index in [0.717, 1.165) is 18.4 Å². The second-order valence-corrected chi connectivity index (χ2v) is 7.79. The first-order valence-electron chi connectivity index (χ1n) is 7.42. The molecular weight excluding hydrogens is 286 g/mol. The highest BCUT2D eigenvalue weighted by atomic mass is 32.2. The van der Waals surface area contributed by atoms with Crippen molar-refractivity contribution in [3.8, 4) is 0 Å². The summed E-state index contributed by atoms with van der Waals surface area (Å²) in [4.78, 5) is 0. The Bertz CT molecular complexity index is 562. The molecule has 2 unspecified atom stereocenters. The molecule has 0 bridgehead atoms. The molecule has 0 spiro atoms. The van der Waals surface area contributed by atoms with Gasteiger partial charge in [0.2, 0.25) is 0 Å². The second-order valence-electron chi connectivity index (χ2n) is 6.11. The van der Waals surface area contributed by atoms with Gasteiger partial charge in [0.15, 0.2) is 0 Å². The minimum Gasteiger partial charge on any atom is -0.328 e. The molecule has 3 N–H and O–H groups in total. The first kappa shape index (κ1) is 16.4. The van der Waals surface area contributed by atoms with E-state index in [4.69, 9.17) is 5.73 Å². The largest absolute Gasteiger partial charge is 0.328 e. The van der Waals surface area contributed by atoms with Crippen molar-refractivity contribution in [2.45, 2.75) is 32.2 Å². The number of rotatable bonds is 5. The molecule has 1 aliphatic heterocycles. The summed E-state index contributed by atoms with van der Waals surface area (Å²) in [5.41, 5.74) is 5.94. The maximum absolute atomic E-state index is 12.6. The van der Waals surface area contributed by atoms with Crippen LogP contribution in [0.5, 0.6) is 0 Å². The summed E-state index contributed by atoms with van der Waals surface area (Å²) < 4.78 is 29.6. The molecule has 1 aromatic rings. The molecule has 1 fully saturated rings. The first-order chi connectivity index (χ1) is 9.87. The number of nitrogens with two attached hydrogens (primary N) is 1. The fourth-order valence-corrected chi connectivity index (χ4v) is 4.46. The maximum atomic E-state index is 12.6. The van der Waals surface area contributed by atoms with E-state index >= 15 is 0 Å². The van der Waals surface area contributed by atoms with Gasteiger partial charge >= 0.3 is 0 Å². The van der Waals surface area contributed by atoms with Gasteiger partial charge in [0.25, 0.3) is 10.2 Å². The molecule has 1 saturated heterocycles. The molecule has 0 saturated carbocycles. The number of hydrogen-bond acceptors (Lipinski definition) is 3. The Balaban J connectivity index is 2.21. The Morgan fingerprint density at radius 3 is 2.62 bits per heavy atom. The van der Waals surface area contributed by atoms with E-state index in [0.29, 0.717) is 19.0 Å². The van der Waals surface area contributed by atoms with Gasteiger partial charge in [-0.25, -0.2) is 0 Å². The summed E-state index contributed by atoms with van der Waals surface area (Å²) in [6.07, 6.45) is 1.99. The highest BCUT2D eigenvalue weighted by Gasteiger charge is 2.35. The Kier molecular flexibility index (Phi) is 5.03. The molecule has 1 aromatic carbocycles. The smallest absolute Gasteiger partial charge is 0.280 e. The van der Waals surface area contributed by atoms with Crippen LogP contribution in [0.1, 0.15) is 32.3 Å².